The van der Waals surface area contributed by atoms with Gasteiger partial charge in [0.25, 0.3) is 5.91 Å². The number of anilines is 2. The van der Waals surface area contributed by atoms with E-state index in [1.165, 1.54) is 0 Å². The first-order valence-electron chi connectivity index (χ1n) is 10.8. The third-order valence-electron chi connectivity index (χ3n) is 4.81. The number of nitrogens with one attached hydrogen (secondary N) is 2. The first-order chi connectivity index (χ1) is 16.8. The molecular formula is C26H24BrClN2O5. The summed E-state index contributed by atoms with van der Waals surface area (Å²) in [6.45, 7) is 1.48. The smallest absolute Gasteiger partial charge is 0.306 e. The molecule has 9 heteroatoms. The van der Waals surface area contributed by atoms with E-state index in [0.29, 0.717) is 34.3 Å². The van der Waals surface area contributed by atoms with Crippen molar-refractivity contribution in [3.05, 3.63) is 81.8 Å². The average Bonchev–Trinajstić information content (AvgIpc) is 2.82. The van der Waals surface area contributed by atoms with Crippen molar-refractivity contribution in [3.8, 4) is 11.5 Å². The van der Waals surface area contributed by atoms with E-state index in [4.69, 9.17) is 21.1 Å². The zero-order valence-electron chi connectivity index (χ0n) is 19.0. The molecule has 0 aromatic heterocycles. The third kappa shape index (κ3) is 8.73. The monoisotopic (exact) mass is 558 g/mol. The molecule has 0 spiro atoms. The second kappa shape index (κ2) is 12.9. The molecule has 0 aliphatic carbocycles. The van der Waals surface area contributed by atoms with Crippen LogP contribution in [0.2, 0.25) is 5.02 Å². The lowest BCUT2D eigenvalue weighted by Gasteiger charge is -2.10. The Hall–Kier alpha value is -3.36. The van der Waals surface area contributed by atoms with Gasteiger partial charge in [-0.3, -0.25) is 14.4 Å². The molecule has 0 saturated carbocycles. The zero-order valence-corrected chi connectivity index (χ0v) is 21.3. The average molecular weight is 560 g/mol. The van der Waals surface area contributed by atoms with E-state index in [1.54, 1.807) is 42.5 Å². The number of carbonyl (C=O) groups excluding carboxylic acids is 3. The Bertz CT molecular complexity index is 1200. The molecule has 0 aliphatic heterocycles. The molecule has 0 bridgehead atoms. The van der Waals surface area contributed by atoms with Crippen molar-refractivity contribution in [1.29, 1.82) is 0 Å². The highest BCUT2D eigenvalue weighted by Gasteiger charge is 2.11. The number of esters is 1. The summed E-state index contributed by atoms with van der Waals surface area (Å²) in [6.07, 6.45) is 0.464. The van der Waals surface area contributed by atoms with Gasteiger partial charge in [-0.2, -0.15) is 0 Å². The summed E-state index contributed by atoms with van der Waals surface area (Å²) in [5, 5.41) is 5.97. The fraction of sp³-hybridized carbons (Fsp3) is 0.192. The van der Waals surface area contributed by atoms with Gasteiger partial charge < -0.3 is 20.1 Å². The number of rotatable bonds is 10. The van der Waals surface area contributed by atoms with E-state index >= 15 is 0 Å². The van der Waals surface area contributed by atoms with Gasteiger partial charge in [-0.1, -0.05) is 39.7 Å². The van der Waals surface area contributed by atoms with Crippen LogP contribution < -0.4 is 15.4 Å². The lowest BCUT2D eigenvalue weighted by Crippen LogP contribution is -2.21. The Kier molecular flexibility index (Phi) is 9.69. The normalized spacial score (nSPS) is 10.4. The first kappa shape index (κ1) is 26.2. The maximum atomic E-state index is 12.2. The standard InChI is InChI=1S/C26H24BrClN2O5/c1-17-15-18(27)9-14-22(17)30-25(32)16-34-26(33)8-4-7-24(31)29-19-10-12-20(13-11-19)35-23-6-3-2-5-21(23)28/h2-3,5-6,9-15H,4,7-8,16H2,1H3,(H,29,31)(H,30,32). The summed E-state index contributed by atoms with van der Waals surface area (Å²) in [6, 6.07) is 19.4. The molecule has 0 unspecified atom stereocenters. The number of ether oxygens (including phenoxy) is 2. The van der Waals surface area contributed by atoms with E-state index in [-0.39, 0.29) is 25.4 Å². The van der Waals surface area contributed by atoms with Gasteiger partial charge in [-0.05, 0) is 73.5 Å². The van der Waals surface area contributed by atoms with Crippen LogP contribution in [-0.4, -0.2) is 24.4 Å². The van der Waals surface area contributed by atoms with Crippen LogP contribution in [0.1, 0.15) is 24.8 Å². The Morgan fingerprint density at radius 2 is 1.66 bits per heavy atom. The lowest BCUT2D eigenvalue weighted by atomic mass is 10.2. The molecule has 182 valence electrons. The molecule has 0 fully saturated rings. The SMILES string of the molecule is Cc1cc(Br)ccc1NC(=O)COC(=O)CCCC(=O)Nc1ccc(Oc2ccccc2Cl)cc1. The van der Waals surface area contributed by atoms with Crippen molar-refractivity contribution in [2.45, 2.75) is 26.2 Å². The predicted molar refractivity (Wildman–Crippen MR) is 139 cm³/mol. The van der Waals surface area contributed by atoms with Crippen LogP contribution in [0, 0.1) is 6.92 Å². The molecule has 7 nitrogen and oxygen atoms in total. The van der Waals surface area contributed by atoms with E-state index in [9.17, 15) is 14.4 Å². The number of hydrogen-bond donors (Lipinski definition) is 2. The fourth-order valence-corrected chi connectivity index (χ4v) is 3.70. The van der Waals surface area contributed by atoms with E-state index in [0.717, 1.165) is 10.0 Å². The third-order valence-corrected chi connectivity index (χ3v) is 5.62. The van der Waals surface area contributed by atoms with Crippen molar-refractivity contribution < 1.29 is 23.9 Å². The van der Waals surface area contributed by atoms with E-state index < -0.39 is 11.9 Å². The van der Waals surface area contributed by atoms with Gasteiger partial charge in [0, 0.05) is 28.7 Å². The minimum atomic E-state index is -0.540. The van der Waals surface area contributed by atoms with Gasteiger partial charge in [-0.15, -0.1) is 0 Å². The Balaban J connectivity index is 1.34. The number of aryl methyl sites for hydroxylation is 1. The van der Waals surface area contributed by atoms with E-state index in [2.05, 4.69) is 26.6 Å². The summed E-state index contributed by atoms with van der Waals surface area (Å²) >= 11 is 9.45. The molecule has 2 N–H and O–H groups in total. The van der Waals surface area contributed by atoms with Crippen molar-refractivity contribution in [2.24, 2.45) is 0 Å². The molecular weight excluding hydrogens is 536 g/mol. The molecule has 0 radical (unpaired) electrons. The molecule has 0 atom stereocenters. The van der Waals surface area contributed by atoms with Gasteiger partial charge >= 0.3 is 5.97 Å². The van der Waals surface area contributed by atoms with Crippen LogP contribution in [-0.2, 0) is 19.1 Å². The largest absolute Gasteiger partial charge is 0.456 e. The van der Waals surface area contributed by atoms with Crippen LogP contribution in [0.5, 0.6) is 11.5 Å². The lowest BCUT2D eigenvalue weighted by molar-refractivity contribution is -0.147. The highest BCUT2D eigenvalue weighted by atomic mass is 79.9. The zero-order chi connectivity index (χ0) is 25.2. The minimum absolute atomic E-state index is 0.0304. The van der Waals surface area contributed by atoms with Crippen molar-refractivity contribution in [2.75, 3.05) is 17.2 Å². The van der Waals surface area contributed by atoms with Gasteiger partial charge in [0.05, 0.1) is 5.02 Å². The first-order valence-corrected chi connectivity index (χ1v) is 12.0. The van der Waals surface area contributed by atoms with Gasteiger partial charge in [0.2, 0.25) is 5.91 Å². The molecule has 3 aromatic carbocycles. The second-order valence-corrected chi connectivity index (χ2v) is 8.95. The number of halogens is 2. The van der Waals surface area contributed by atoms with Gasteiger partial charge in [-0.25, -0.2) is 0 Å². The van der Waals surface area contributed by atoms with E-state index in [1.807, 2.05) is 31.2 Å². The van der Waals surface area contributed by atoms with Crippen molar-refractivity contribution in [3.63, 3.8) is 0 Å². The summed E-state index contributed by atoms with van der Waals surface area (Å²) < 4.78 is 11.6. The Morgan fingerprint density at radius 3 is 2.37 bits per heavy atom. The maximum Gasteiger partial charge on any atom is 0.306 e. The molecule has 3 rings (SSSR count). The van der Waals surface area contributed by atoms with Crippen molar-refractivity contribution in [1.82, 2.24) is 0 Å². The summed E-state index contributed by atoms with van der Waals surface area (Å²) in [5.41, 5.74) is 2.13. The summed E-state index contributed by atoms with van der Waals surface area (Å²) in [7, 11) is 0. The summed E-state index contributed by atoms with van der Waals surface area (Å²) in [5.74, 6) is -0.0806. The highest BCUT2D eigenvalue weighted by Crippen LogP contribution is 2.29. The molecule has 3 aromatic rings. The fourth-order valence-electron chi connectivity index (χ4n) is 3.05. The van der Waals surface area contributed by atoms with Crippen LogP contribution in [0.4, 0.5) is 11.4 Å². The van der Waals surface area contributed by atoms with Crippen LogP contribution >= 0.6 is 27.5 Å². The molecule has 0 aliphatic rings. The summed E-state index contributed by atoms with van der Waals surface area (Å²) in [4.78, 5) is 36.1. The van der Waals surface area contributed by atoms with Crippen LogP contribution in [0.3, 0.4) is 0 Å². The number of hydrogen-bond acceptors (Lipinski definition) is 5. The second-order valence-electron chi connectivity index (χ2n) is 7.63. The van der Waals surface area contributed by atoms with Gasteiger partial charge in [0.1, 0.15) is 11.5 Å². The quantitative estimate of drug-likeness (QED) is 0.277. The van der Waals surface area contributed by atoms with Gasteiger partial charge in [0.15, 0.2) is 6.61 Å². The molecule has 35 heavy (non-hydrogen) atoms. The number of amides is 2. The minimum Gasteiger partial charge on any atom is -0.456 e. The molecule has 2 amide bonds. The van der Waals surface area contributed by atoms with Crippen LogP contribution in [0.15, 0.2) is 71.2 Å². The number of para-hydroxylation sites is 1. The van der Waals surface area contributed by atoms with Crippen molar-refractivity contribution >= 4 is 56.7 Å². The maximum absolute atomic E-state index is 12.2. The number of carbonyl (C=O) groups is 3. The topological polar surface area (TPSA) is 93.7 Å². The molecule has 0 saturated heterocycles. The predicted octanol–water partition coefficient (Wildman–Crippen LogP) is 6.49. The highest BCUT2D eigenvalue weighted by molar-refractivity contribution is 9.10. The Labute approximate surface area is 216 Å². The number of benzene rings is 3. The van der Waals surface area contributed by atoms with Crippen LogP contribution in [0.25, 0.3) is 0 Å². The Morgan fingerprint density at radius 1 is 0.914 bits per heavy atom. The molecule has 0 heterocycles.